The highest BCUT2D eigenvalue weighted by Crippen LogP contribution is 2.26. The monoisotopic (exact) mass is 483 g/mol. The van der Waals surface area contributed by atoms with Gasteiger partial charge in [0.2, 0.25) is 12.0 Å². The lowest BCUT2D eigenvalue weighted by molar-refractivity contribution is -0.127. The van der Waals surface area contributed by atoms with Gasteiger partial charge in [0.1, 0.15) is 17.5 Å². The summed E-state index contributed by atoms with van der Waals surface area (Å²) in [6.45, 7) is 3.24. The number of carbonyl (C=O) groups is 1. The lowest BCUT2D eigenvalue weighted by Crippen LogP contribution is -2.38. The molecule has 0 saturated carbocycles. The Labute approximate surface area is 199 Å². The molecule has 0 spiro atoms. The summed E-state index contributed by atoms with van der Waals surface area (Å²) < 4.78 is 13.0. The van der Waals surface area contributed by atoms with Crippen molar-refractivity contribution in [2.24, 2.45) is 0 Å². The number of ether oxygens (including phenoxy) is 2. The largest absolute Gasteiger partial charge is 0.461 e. The first-order chi connectivity index (χ1) is 16.5. The third-order valence-electron chi connectivity index (χ3n) is 4.77. The van der Waals surface area contributed by atoms with Gasteiger partial charge in [0.05, 0.1) is 30.5 Å². The maximum absolute atomic E-state index is 13.0. The number of aryl methyl sites for hydroxylation is 1. The van der Waals surface area contributed by atoms with E-state index in [0.717, 1.165) is 5.56 Å². The predicted octanol–water partition coefficient (Wildman–Crippen LogP) is 2.35. The summed E-state index contributed by atoms with van der Waals surface area (Å²) in [6.07, 6.45) is 4.43. The highest BCUT2D eigenvalue weighted by molar-refractivity contribution is 6.32. The van der Waals surface area contributed by atoms with Crippen molar-refractivity contribution in [1.29, 1.82) is 0 Å². The number of pyridine rings is 2. The van der Waals surface area contributed by atoms with Crippen LogP contribution >= 0.6 is 11.6 Å². The summed E-state index contributed by atoms with van der Waals surface area (Å²) in [6, 6.07) is 6.91. The van der Waals surface area contributed by atoms with E-state index in [0.29, 0.717) is 27.7 Å². The number of aromatic nitrogens is 6. The van der Waals surface area contributed by atoms with Crippen molar-refractivity contribution in [3.63, 3.8) is 0 Å². The number of nitrogens with zero attached hydrogens (tertiary/aromatic N) is 6. The van der Waals surface area contributed by atoms with E-state index in [1.54, 1.807) is 37.5 Å². The quantitative estimate of drug-likeness (QED) is 0.367. The Morgan fingerprint density at radius 3 is 2.79 bits per heavy atom. The zero-order valence-electron chi connectivity index (χ0n) is 18.4. The van der Waals surface area contributed by atoms with Crippen LogP contribution in [0, 0.1) is 6.92 Å². The molecule has 4 rings (SSSR count). The van der Waals surface area contributed by atoms with Crippen LogP contribution in [0.4, 0.5) is 5.82 Å². The van der Waals surface area contributed by atoms with Gasteiger partial charge in [0.25, 0.3) is 5.91 Å². The van der Waals surface area contributed by atoms with Crippen LogP contribution in [0.1, 0.15) is 12.5 Å². The van der Waals surface area contributed by atoms with E-state index in [-0.39, 0.29) is 19.1 Å². The average molecular weight is 484 g/mol. The number of hydrogen-bond donors (Lipinski definition) is 2. The molecule has 176 valence electrons. The normalized spacial score (nSPS) is 12.9. The number of anilines is 1. The molecule has 1 amide bonds. The molecule has 4 aromatic heterocycles. The molecule has 4 heterocycles. The molecule has 2 atom stereocenters. The smallest absolute Gasteiger partial charge is 0.269 e. The van der Waals surface area contributed by atoms with E-state index in [2.05, 4.69) is 30.4 Å². The third-order valence-corrected chi connectivity index (χ3v) is 5.06. The van der Waals surface area contributed by atoms with Crippen molar-refractivity contribution >= 4 is 34.4 Å². The van der Waals surface area contributed by atoms with Crippen molar-refractivity contribution in [3.8, 4) is 11.7 Å². The maximum Gasteiger partial charge on any atom is 0.269 e. The SMILES string of the molecule is Cc1ccc(NC(=O)[C@H](CO[C@H](C)CO)Oc2ncnc3c2cnn3-c2ncccc2Cl)nc1. The minimum absolute atomic E-state index is 0.126. The Morgan fingerprint density at radius 1 is 1.21 bits per heavy atom. The van der Waals surface area contributed by atoms with Crippen LogP contribution in [0.2, 0.25) is 5.02 Å². The van der Waals surface area contributed by atoms with Crippen LogP contribution in [0.25, 0.3) is 16.9 Å². The fraction of sp³-hybridized carbons (Fsp3) is 0.273. The molecule has 0 saturated heterocycles. The topological polar surface area (TPSA) is 137 Å². The molecule has 0 aliphatic rings. The van der Waals surface area contributed by atoms with Gasteiger partial charge in [-0.05, 0) is 37.6 Å². The minimum atomic E-state index is -1.10. The Hall–Kier alpha value is -3.67. The summed E-state index contributed by atoms with van der Waals surface area (Å²) in [5, 5.41) is 17.2. The Morgan fingerprint density at radius 2 is 2.06 bits per heavy atom. The Balaban J connectivity index is 1.62. The average Bonchev–Trinajstić information content (AvgIpc) is 3.28. The molecule has 0 radical (unpaired) electrons. The molecule has 2 N–H and O–H groups in total. The number of fused-ring (bicyclic) bond motifs is 1. The number of aliphatic hydroxyl groups excluding tert-OH is 1. The highest BCUT2D eigenvalue weighted by atomic mass is 35.5. The first-order valence-corrected chi connectivity index (χ1v) is 10.8. The van der Waals surface area contributed by atoms with Crippen molar-refractivity contribution in [1.82, 2.24) is 29.7 Å². The molecule has 11 nitrogen and oxygen atoms in total. The first kappa shape index (κ1) is 23.5. The molecule has 0 aliphatic carbocycles. The van der Waals surface area contributed by atoms with Gasteiger partial charge >= 0.3 is 0 Å². The summed E-state index contributed by atoms with van der Waals surface area (Å²) >= 11 is 6.26. The molecule has 0 unspecified atom stereocenters. The van der Waals surface area contributed by atoms with E-state index in [1.807, 2.05) is 13.0 Å². The molecular formula is C22H22ClN7O4. The summed E-state index contributed by atoms with van der Waals surface area (Å²) in [7, 11) is 0. The Kier molecular flexibility index (Phi) is 7.26. The van der Waals surface area contributed by atoms with Crippen LogP contribution in [0.15, 0.2) is 49.2 Å². The molecule has 12 heteroatoms. The number of aliphatic hydroxyl groups is 1. The molecule has 4 aromatic rings. The zero-order valence-corrected chi connectivity index (χ0v) is 19.2. The number of amides is 1. The molecule has 34 heavy (non-hydrogen) atoms. The van der Waals surface area contributed by atoms with E-state index in [4.69, 9.17) is 21.1 Å². The second-order valence-electron chi connectivity index (χ2n) is 7.42. The van der Waals surface area contributed by atoms with E-state index < -0.39 is 18.1 Å². The van der Waals surface area contributed by atoms with Crippen LogP contribution in [0.5, 0.6) is 5.88 Å². The summed E-state index contributed by atoms with van der Waals surface area (Å²) in [5.41, 5.74) is 1.36. The number of carbonyl (C=O) groups excluding carboxylic acids is 1. The van der Waals surface area contributed by atoms with Crippen LogP contribution in [-0.4, -0.2) is 66.2 Å². The second kappa shape index (κ2) is 10.5. The zero-order chi connectivity index (χ0) is 24.1. The Bertz CT molecular complexity index is 1280. The first-order valence-electron chi connectivity index (χ1n) is 10.4. The predicted molar refractivity (Wildman–Crippen MR) is 124 cm³/mol. The highest BCUT2D eigenvalue weighted by Gasteiger charge is 2.25. The van der Waals surface area contributed by atoms with Gasteiger partial charge in [0.15, 0.2) is 11.5 Å². The van der Waals surface area contributed by atoms with Gasteiger partial charge < -0.3 is 19.9 Å². The fourth-order valence-corrected chi connectivity index (χ4v) is 3.16. The van der Waals surface area contributed by atoms with Gasteiger partial charge in [0, 0.05) is 12.4 Å². The maximum atomic E-state index is 13.0. The lowest BCUT2D eigenvalue weighted by Gasteiger charge is -2.20. The molecule has 0 aliphatic heterocycles. The van der Waals surface area contributed by atoms with Gasteiger partial charge in [-0.3, -0.25) is 4.79 Å². The molecule has 0 aromatic carbocycles. The summed E-state index contributed by atoms with van der Waals surface area (Å²) in [4.78, 5) is 29.9. The van der Waals surface area contributed by atoms with Crippen LogP contribution in [-0.2, 0) is 9.53 Å². The number of nitrogens with one attached hydrogen (secondary N) is 1. The second-order valence-corrected chi connectivity index (χ2v) is 7.83. The number of halogens is 1. The van der Waals surface area contributed by atoms with Crippen molar-refractivity contribution in [2.45, 2.75) is 26.1 Å². The van der Waals surface area contributed by atoms with Crippen molar-refractivity contribution < 1.29 is 19.4 Å². The van der Waals surface area contributed by atoms with Gasteiger partial charge in [-0.1, -0.05) is 17.7 Å². The standard InChI is InChI=1S/C22H22ClN7O4/c1-13-5-6-18(25-8-13)29-21(32)17(11-33-14(2)10-31)34-22-15-9-28-30(19(15)26-12-27-22)20-16(23)4-3-7-24-20/h3-9,12,14,17,31H,10-11H2,1-2H3,(H,25,29,32)/t14-,17+/m1/s1. The van der Waals surface area contributed by atoms with Gasteiger partial charge in [-0.15, -0.1) is 0 Å². The molecule has 0 fully saturated rings. The van der Waals surface area contributed by atoms with Crippen molar-refractivity contribution in [3.05, 3.63) is 59.8 Å². The van der Waals surface area contributed by atoms with E-state index in [1.165, 1.54) is 17.2 Å². The lowest BCUT2D eigenvalue weighted by atomic mass is 10.3. The molecular weight excluding hydrogens is 462 g/mol. The van der Waals surface area contributed by atoms with Gasteiger partial charge in [-0.2, -0.15) is 9.78 Å². The fourth-order valence-electron chi connectivity index (χ4n) is 2.96. The number of hydrogen-bond acceptors (Lipinski definition) is 9. The number of rotatable bonds is 9. The van der Waals surface area contributed by atoms with Crippen LogP contribution in [0.3, 0.4) is 0 Å². The minimum Gasteiger partial charge on any atom is -0.461 e. The van der Waals surface area contributed by atoms with Crippen molar-refractivity contribution in [2.75, 3.05) is 18.5 Å². The third kappa shape index (κ3) is 5.28. The van der Waals surface area contributed by atoms with Gasteiger partial charge in [-0.25, -0.2) is 19.9 Å². The van der Waals surface area contributed by atoms with E-state index in [9.17, 15) is 9.90 Å². The van der Waals surface area contributed by atoms with Crippen LogP contribution < -0.4 is 10.1 Å². The van der Waals surface area contributed by atoms with E-state index >= 15 is 0 Å². The molecule has 0 bridgehead atoms. The summed E-state index contributed by atoms with van der Waals surface area (Å²) in [5.74, 6) is 0.391.